The van der Waals surface area contributed by atoms with E-state index in [1.54, 1.807) is 24.3 Å². The zero-order chi connectivity index (χ0) is 14.6. The maximum atomic E-state index is 12.1. The van der Waals surface area contributed by atoms with Crippen molar-refractivity contribution in [1.29, 1.82) is 0 Å². The van der Waals surface area contributed by atoms with E-state index in [1.165, 1.54) is 0 Å². The number of nitrogens with one attached hydrogen (secondary N) is 2. The first kappa shape index (κ1) is 14.8. The van der Waals surface area contributed by atoms with Crippen LogP contribution in [0.1, 0.15) is 25.5 Å². The van der Waals surface area contributed by atoms with E-state index in [4.69, 9.17) is 0 Å². The highest BCUT2D eigenvalue weighted by Gasteiger charge is 2.16. The van der Waals surface area contributed by atoms with E-state index in [0.29, 0.717) is 0 Å². The van der Waals surface area contributed by atoms with Gasteiger partial charge < -0.3 is 5.32 Å². The SMILES string of the molecule is CCNC(C)c1ccc(S(=O)(=O)Nc2nnns2)cc1. The molecular weight excluding hydrogens is 298 g/mol. The van der Waals surface area contributed by atoms with Gasteiger partial charge in [0.2, 0.25) is 5.13 Å². The van der Waals surface area contributed by atoms with Crippen LogP contribution in [0.25, 0.3) is 0 Å². The Morgan fingerprint density at radius 2 is 2.00 bits per heavy atom. The summed E-state index contributed by atoms with van der Waals surface area (Å²) < 4.78 is 30.0. The Labute approximate surface area is 121 Å². The van der Waals surface area contributed by atoms with Crippen LogP contribution in [0.4, 0.5) is 5.13 Å². The molecule has 1 heterocycles. The second-order valence-corrected chi connectivity index (χ2v) is 6.54. The summed E-state index contributed by atoms with van der Waals surface area (Å²) in [5.41, 5.74) is 1.03. The fraction of sp³-hybridized carbons (Fsp3) is 0.364. The Balaban J connectivity index is 2.16. The number of sulfonamides is 1. The van der Waals surface area contributed by atoms with Gasteiger partial charge in [-0.2, -0.15) is 0 Å². The molecule has 0 spiro atoms. The summed E-state index contributed by atoms with van der Waals surface area (Å²) in [4.78, 5) is 0.181. The van der Waals surface area contributed by atoms with Crippen molar-refractivity contribution < 1.29 is 8.42 Å². The van der Waals surface area contributed by atoms with Crippen molar-refractivity contribution in [2.75, 3.05) is 11.3 Å². The van der Waals surface area contributed by atoms with Crippen molar-refractivity contribution in [2.45, 2.75) is 24.8 Å². The fourth-order valence-electron chi connectivity index (χ4n) is 1.71. The highest BCUT2D eigenvalue weighted by Crippen LogP contribution is 2.19. The minimum atomic E-state index is -3.64. The molecule has 0 fully saturated rings. The summed E-state index contributed by atoms with van der Waals surface area (Å²) in [6.45, 7) is 4.90. The van der Waals surface area contributed by atoms with Crippen molar-refractivity contribution in [3.05, 3.63) is 29.8 Å². The molecule has 1 atom stereocenters. The molecule has 0 aliphatic carbocycles. The molecule has 2 aromatic rings. The average molecular weight is 313 g/mol. The molecule has 0 saturated carbocycles. The van der Waals surface area contributed by atoms with Crippen LogP contribution in [0.15, 0.2) is 29.2 Å². The number of benzene rings is 1. The Bertz CT molecular complexity index is 640. The molecule has 1 unspecified atom stereocenters. The molecule has 2 N–H and O–H groups in total. The molecule has 7 nitrogen and oxygen atoms in total. The van der Waals surface area contributed by atoms with E-state index in [2.05, 4.69) is 24.8 Å². The molecule has 0 saturated heterocycles. The minimum Gasteiger partial charge on any atom is -0.310 e. The van der Waals surface area contributed by atoms with Crippen LogP contribution in [0.3, 0.4) is 0 Å². The van der Waals surface area contributed by atoms with Gasteiger partial charge in [-0.15, -0.1) is 0 Å². The molecule has 2 rings (SSSR count). The summed E-state index contributed by atoms with van der Waals surface area (Å²) >= 11 is 0.887. The van der Waals surface area contributed by atoms with Gasteiger partial charge in [-0.3, -0.25) is 4.72 Å². The van der Waals surface area contributed by atoms with E-state index in [1.807, 2.05) is 13.8 Å². The Kier molecular flexibility index (Phi) is 4.63. The Morgan fingerprint density at radius 3 is 2.55 bits per heavy atom. The maximum Gasteiger partial charge on any atom is 0.263 e. The van der Waals surface area contributed by atoms with Crippen molar-refractivity contribution in [3.63, 3.8) is 0 Å². The topological polar surface area (TPSA) is 96.9 Å². The minimum absolute atomic E-state index is 0.148. The average Bonchev–Trinajstić information content (AvgIpc) is 2.91. The largest absolute Gasteiger partial charge is 0.310 e. The summed E-state index contributed by atoms with van der Waals surface area (Å²) in [5.74, 6) is 0. The van der Waals surface area contributed by atoms with Crippen molar-refractivity contribution >= 4 is 26.7 Å². The van der Waals surface area contributed by atoms with Crippen LogP contribution in [0.2, 0.25) is 0 Å². The van der Waals surface area contributed by atoms with Crippen molar-refractivity contribution in [1.82, 2.24) is 20.1 Å². The van der Waals surface area contributed by atoms with Gasteiger partial charge in [-0.05, 0) is 36.4 Å². The molecule has 20 heavy (non-hydrogen) atoms. The molecule has 0 aliphatic rings. The number of hydrogen-bond donors (Lipinski definition) is 2. The fourth-order valence-corrected chi connectivity index (χ4v) is 3.29. The van der Waals surface area contributed by atoms with Gasteiger partial charge >= 0.3 is 0 Å². The van der Waals surface area contributed by atoms with Gasteiger partial charge in [0.15, 0.2) is 0 Å². The highest BCUT2D eigenvalue weighted by atomic mass is 32.2. The zero-order valence-electron chi connectivity index (χ0n) is 11.1. The van der Waals surface area contributed by atoms with Crippen LogP contribution in [-0.4, -0.2) is 29.8 Å². The van der Waals surface area contributed by atoms with Crippen molar-refractivity contribution in [2.24, 2.45) is 0 Å². The molecule has 0 bridgehead atoms. The number of hydrogen-bond acceptors (Lipinski definition) is 7. The van der Waals surface area contributed by atoms with Crippen LogP contribution >= 0.6 is 11.5 Å². The third kappa shape index (κ3) is 3.50. The summed E-state index contributed by atoms with van der Waals surface area (Å²) in [6.07, 6.45) is 0. The third-order valence-electron chi connectivity index (χ3n) is 2.72. The molecule has 9 heteroatoms. The van der Waals surface area contributed by atoms with Crippen LogP contribution in [-0.2, 0) is 10.0 Å². The first-order valence-electron chi connectivity index (χ1n) is 6.04. The normalized spacial score (nSPS) is 13.1. The lowest BCUT2D eigenvalue weighted by Gasteiger charge is -2.13. The second-order valence-electron chi connectivity index (χ2n) is 4.12. The Hall–Kier alpha value is -1.58. The first-order chi connectivity index (χ1) is 9.53. The lowest BCUT2D eigenvalue weighted by Crippen LogP contribution is -2.18. The lowest BCUT2D eigenvalue weighted by molar-refractivity contribution is 0.594. The Morgan fingerprint density at radius 1 is 1.30 bits per heavy atom. The van der Waals surface area contributed by atoms with E-state index in [0.717, 1.165) is 23.6 Å². The monoisotopic (exact) mass is 313 g/mol. The number of aromatic nitrogens is 3. The van der Waals surface area contributed by atoms with Gasteiger partial charge in [0, 0.05) is 17.6 Å². The second kappa shape index (κ2) is 6.25. The molecule has 1 aromatic carbocycles. The van der Waals surface area contributed by atoms with Gasteiger partial charge in [0.1, 0.15) is 0 Å². The smallest absolute Gasteiger partial charge is 0.263 e. The highest BCUT2D eigenvalue weighted by molar-refractivity contribution is 7.93. The van der Waals surface area contributed by atoms with Gasteiger partial charge in [-0.1, -0.05) is 28.6 Å². The van der Waals surface area contributed by atoms with Crippen LogP contribution in [0, 0.1) is 0 Å². The molecule has 0 radical (unpaired) electrons. The quantitative estimate of drug-likeness (QED) is 0.837. The molecule has 108 valence electrons. The van der Waals surface area contributed by atoms with Gasteiger partial charge in [0.25, 0.3) is 10.0 Å². The van der Waals surface area contributed by atoms with Crippen molar-refractivity contribution in [3.8, 4) is 0 Å². The van der Waals surface area contributed by atoms with E-state index < -0.39 is 10.0 Å². The lowest BCUT2D eigenvalue weighted by atomic mass is 10.1. The number of anilines is 1. The first-order valence-corrected chi connectivity index (χ1v) is 8.30. The maximum absolute atomic E-state index is 12.1. The van der Waals surface area contributed by atoms with Crippen LogP contribution < -0.4 is 10.0 Å². The van der Waals surface area contributed by atoms with Crippen LogP contribution in [0.5, 0.6) is 0 Å². The van der Waals surface area contributed by atoms with E-state index >= 15 is 0 Å². The molecular formula is C11H15N5O2S2. The van der Waals surface area contributed by atoms with E-state index in [9.17, 15) is 8.42 Å². The molecule has 0 amide bonds. The third-order valence-corrected chi connectivity index (χ3v) is 4.72. The van der Waals surface area contributed by atoms with E-state index in [-0.39, 0.29) is 16.1 Å². The van der Waals surface area contributed by atoms with Gasteiger partial charge in [0.05, 0.1) is 4.90 Å². The predicted octanol–water partition coefficient (Wildman–Crippen LogP) is 1.40. The predicted molar refractivity (Wildman–Crippen MR) is 77.0 cm³/mol. The summed E-state index contributed by atoms with van der Waals surface area (Å²) in [5, 5.41) is 10.3. The molecule has 1 aromatic heterocycles. The zero-order valence-corrected chi connectivity index (χ0v) is 12.7. The van der Waals surface area contributed by atoms with Gasteiger partial charge in [-0.25, -0.2) is 8.42 Å². The summed E-state index contributed by atoms with van der Waals surface area (Å²) in [7, 11) is -3.64. The number of rotatable bonds is 6. The number of nitrogens with zero attached hydrogens (tertiary/aromatic N) is 3. The summed E-state index contributed by atoms with van der Waals surface area (Å²) in [6, 6.07) is 6.90. The standard InChI is InChI=1S/C11H15N5O2S2/c1-3-12-8(2)9-4-6-10(7-5-9)20(17,18)14-11-13-15-16-19-11/h4-8,12H,3H2,1-2H3,(H,13,14,16). The molecule has 0 aliphatic heterocycles.